The van der Waals surface area contributed by atoms with Gasteiger partial charge in [-0.1, -0.05) is 6.07 Å². The molecule has 0 fully saturated rings. The average Bonchev–Trinajstić information content (AvgIpc) is 3.21. The zero-order valence-corrected chi connectivity index (χ0v) is 14.6. The SMILES string of the molecule is CCOCC(=O)Nc1cc(-c2cccs2)nn1-c1nc(C)cc(=O)[nH]1. The predicted octanol–water partition coefficient (Wildman–Crippen LogP) is 1.97. The molecule has 3 aromatic heterocycles. The van der Waals surface area contributed by atoms with Gasteiger partial charge in [-0.15, -0.1) is 11.3 Å². The maximum absolute atomic E-state index is 12.0. The first-order chi connectivity index (χ1) is 12.1. The van der Waals surface area contributed by atoms with Gasteiger partial charge in [-0.25, -0.2) is 4.98 Å². The summed E-state index contributed by atoms with van der Waals surface area (Å²) in [5.41, 5.74) is 0.937. The highest BCUT2D eigenvalue weighted by molar-refractivity contribution is 7.13. The fraction of sp³-hybridized carbons (Fsp3) is 0.250. The van der Waals surface area contributed by atoms with Crippen LogP contribution in [0.4, 0.5) is 5.82 Å². The van der Waals surface area contributed by atoms with Crippen molar-refractivity contribution in [3.63, 3.8) is 0 Å². The molecule has 1 amide bonds. The number of aryl methyl sites for hydroxylation is 1. The Kier molecular flexibility index (Phi) is 5.05. The van der Waals surface area contributed by atoms with E-state index in [0.717, 1.165) is 4.88 Å². The molecule has 2 N–H and O–H groups in total. The Morgan fingerprint density at radius 3 is 2.96 bits per heavy atom. The van der Waals surface area contributed by atoms with Gasteiger partial charge < -0.3 is 10.1 Å². The van der Waals surface area contributed by atoms with Gasteiger partial charge >= 0.3 is 0 Å². The Balaban J connectivity index is 2.02. The summed E-state index contributed by atoms with van der Waals surface area (Å²) < 4.78 is 6.53. The molecular formula is C16H17N5O3S. The molecule has 25 heavy (non-hydrogen) atoms. The molecule has 0 aliphatic rings. The second kappa shape index (κ2) is 7.41. The van der Waals surface area contributed by atoms with Gasteiger partial charge in [0.1, 0.15) is 18.1 Å². The molecule has 0 saturated carbocycles. The Labute approximate surface area is 147 Å². The molecule has 3 heterocycles. The Morgan fingerprint density at radius 1 is 1.44 bits per heavy atom. The second-order valence-electron chi connectivity index (χ2n) is 5.20. The lowest BCUT2D eigenvalue weighted by Crippen LogP contribution is -2.21. The lowest BCUT2D eigenvalue weighted by Gasteiger charge is -2.08. The van der Waals surface area contributed by atoms with Crippen LogP contribution in [0.1, 0.15) is 12.6 Å². The quantitative estimate of drug-likeness (QED) is 0.700. The number of nitrogens with one attached hydrogen (secondary N) is 2. The van der Waals surface area contributed by atoms with Gasteiger partial charge in [0.25, 0.3) is 11.5 Å². The summed E-state index contributed by atoms with van der Waals surface area (Å²) in [6, 6.07) is 6.97. The molecule has 9 heteroatoms. The molecule has 0 atom stereocenters. The van der Waals surface area contributed by atoms with E-state index in [9.17, 15) is 9.59 Å². The van der Waals surface area contributed by atoms with E-state index >= 15 is 0 Å². The highest BCUT2D eigenvalue weighted by Crippen LogP contribution is 2.27. The molecule has 0 aliphatic carbocycles. The fourth-order valence-corrected chi connectivity index (χ4v) is 2.89. The molecule has 3 rings (SSSR count). The van der Waals surface area contributed by atoms with Crippen LogP contribution < -0.4 is 10.9 Å². The first-order valence-electron chi connectivity index (χ1n) is 7.66. The lowest BCUT2D eigenvalue weighted by molar-refractivity contribution is -0.120. The first kappa shape index (κ1) is 17.1. The van der Waals surface area contributed by atoms with Crippen molar-refractivity contribution in [1.82, 2.24) is 19.7 Å². The van der Waals surface area contributed by atoms with E-state index in [1.165, 1.54) is 22.1 Å². The van der Waals surface area contributed by atoms with Gasteiger partial charge in [-0.3, -0.25) is 14.6 Å². The third-order valence-corrected chi connectivity index (χ3v) is 4.14. The van der Waals surface area contributed by atoms with Gasteiger partial charge in [0.15, 0.2) is 0 Å². The molecule has 0 unspecified atom stereocenters. The zero-order valence-electron chi connectivity index (χ0n) is 13.8. The minimum atomic E-state index is -0.310. The number of aromatic amines is 1. The van der Waals surface area contributed by atoms with Crippen molar-refractivity contribution >= 4 is 23.1 Å². The van der Waals surface area contributed by atoms with E-state index in [1.807, 2.05) is 24.4 Å². The summed E-state index contributed by atoms with van der Waals surface area (Å²) in [4.78, 5) is 31.6. The smallest absolute Gasteiger partial charge is 0.252 e. The number of nitrogens with zero attached hydrogens (tertiary/aromatic N) is 3. The van der Waals surface area contributed by atoms with Crippen LogP contribution in [0, 0.1) is 6.92 Å². The van der Waals surface area contributed by atoms with Crippen molar-refractivity contribution in [3.05, 3.63) is 45.7 Å². The third-order valence-electron chi connectivity index (χ3n) is 3.25. The van der Waals surface area contributed by atoms with Crippen LogP contribution in [0.5, 0.6) is 0 Å². The normalized spacial score (nSPS) is 10.8. The number of H-pyrrole nitrogens is 1. The van der Waals surface area contributed by atoms with Gasteiger partial charge in [0, 0.05) is 24.4 Å². The summed E-state index contributed by atoms with van der Waals surface area (Å²) >= 11 is 1.53. The number of ether oxygens (including phenoxy) is 1. The Morgan fingerprint density at radius 2 is 2.28 bits per heavy atom. The third kappa shape index (κ3) is 4.01. The monoisotopic (exact) mass is 359 g/mol. The number of amides is 1. The van der Waals surface area contributed by atoms with Crippen molar-refractivity contribution < 1.29 is 9.53 Å². The standard InChI is InChI=1S/C16H17N5O3S/c1-3-24-9-15(23)18-13-8-11(12-5-4-6-25-12)20-21(13)16-17-10(2)7-14(22)19-16/h4-8H,3,9H2,1-2H3,(H,18,23)(H,17,19,22). The summed E-state index contributed by atoms with van der Waals surface area (Å²) in [5, 5.41) is 9.16. The number of hydrogen-bond donors (Lipinski definition) is 2. The Hall–Kier alpha value is -2.78. The van der Waals surface area contributed by atoms with Crippen LogP contribution in [0.2, 0.25) is 0 Å². The van der Waals surface area contributed by atoms with Crippen molar-refractivity contribution in [2.24, 2.45) is 0 Å². The van der Waals surface area contributed by atoms with Crippen LogP contribution >= 0.6 is 11.3 Å². The van der Waals surface area contributed by atoms with Crippen LogP contribution in [0.3, 0.4) is 0 Å². The molecular weight excluding hydrogens is 342 g/mol. The maximum atomic E-state index is 12.0. The second-order valence-corrected chi connectivity index (χ2v) is 6.15. The largest absolute Gasteiger partial charge is 0.372 e. The fourth-order valence-electron chi connectivity index (χ4n) is 2.21. The van der Waals surface area contributed by atoms with Crippen molar-refractivity contribution in [2.45, 2.75) is 13.8 Å². The van der Waals surface area contributed by atoms with E-state index in [0.29, 0.717) is 23.8 Å². The summed E-state index contributed by atoms with van der Waals surface area (Å²) in [6.45, 7) is 3.91. The molecule has 8 nitrogen and oxygen atoms in total. The van der Waals surface area contributed by atoms with E-state index in [4.69, 9.17) is 4.74 Å². The zero-order chi connectivity index (χ0) is 17.8. The molecule has 0 bridgehead atoms. The molecule has 0 radical (unpaired) electrons. The minimum Gasteiger partial charge on any atom is -0.372 e. The van der Waals surface area contributed by atoms with Crippen molar-refractivity contribution in [2.75, 3.05) is 18.5 Å². The van der Waals surface area contributed by atoms with Gasteiger partial charge in [0.05, 0.1) is 4.88 Å². The van der Waals surface area contributed by atoms with Crippen LogP contribution in [0.25, 0.3) is 16.5 Å². The minimum absolute atomic E-state index is 0.0617. The molecule has 3 aromatic rings. The number of carbonyl (C=O) groups excluding carboxylic acids is 1. The number of thiophene rings is 1. The van der Waals surface area contributed by atoms with Crippen molar-refractivity contribution in [3.8, 4) is 16.5 Å². The number of aromatic nitrogens is 4. The molecule has 0 aliphatic heterocycles. The van der Waals surface area contributed by atoms with Crippen LogP contribution in [0.15, 0.2) is 34.4 Å². The van der Waals surface area contributed by atoms with Gasteiger partial charge in [0.2, 0.25) is 5.95 Å². The molecule has 130 valence electrons. The number of anilines is 1. The van der Waals surface area contributed by atoms with Gasteiger partial charge in [-0.05, 0) is 25.3 Å². The highest BCUT2D eigenvalue weighted by Gasteiger charge is 2.16. The first-order valence-corrected chi connectivity index (χ1v) is 8.54. The molecule has 0 aromatic carbocycles. The van der Waals surface area contributed by atoms with E-state index < -0.39 is 0 Å². The van der Waals surface area contributed by atoms with Crippen LogP contribution in [-0.2, 0) is 9.53 Å². The lowest BCUT2D eigenvalue weighted by atomic mass is 10.3. The number of hydrogen-bond acceptors (Lipinski definition) is 6. The maximum Gasteiger partial charge on any atom is 0.252 e. The van der Waals surface area contributed by atoms with E-state index in [1.54, 1.807) is 13.0 Å². The summed E-state index contributed by atoms with van der Waals surface area (Å²) in [5.74, 6) is 0.331. The van der Waals surface area contributed by atoms with E-state index in [2.05, 4.69) is 20.4 Å². The van der Waals surface area contributed by atoms with Gasteiger partial charge in [-0.2, -0.15) is 9.78 Å². The number of rotatable bonds is 6. The predicted molar refractivity (Wildman–Crippen MR) is 95.2 cm³/mol. The average molecular weight is 359 g/mol. The highest BCUT2D eigenvalue weighted by atomic mass is 32.1. The van der Waals surface area contributed by atoms with E-state index in [-0.39, 0.29) is 24.0 Å². The Bertz CT molecular complexity index is 930. The number of carbonyl (C=O) groups is 1. The topological polar surface area (TPSA) is 102 Å². The molecule has 0 spiro atoms. The molecule has 0 saturated heterocycles. The summed E-state index contributed by atoms with van der Waals surface area (Å²) in [7, 11) is 0. The van der Waals surface area contributed by atoms with Crippen molar-refractivity contribution in [1.29, 1.82) is 0 Å². The summed E-state index contributed by atoms with van der Waals surface area (Å²) in [6.07, 6.45) is 0. The van der Waals surface area contributed by atoms with Crippen LogP contribution in [-0.4, -0.2) is 38.9 Å².